The zero-order chi connectivity index (χ0) is 16.4. The minimum atomic E-state index is -0.0109. The fourth-order valence-corrected chi connectivity index (χ4v) is 3.75. The lowest BCUT2D eigenvalue weighted by molar-refractivity contribution is -0.135. The fraction of sp³-hybridized carbons (Fsp3) is 0.450. The zero-order valence-electron chi connectivity index (χ0n) is 14.2. The molecule has 0 fully saturated rings. The first kappa shape index (κ1) is 15.9. The molecule has 2 atom stereocenters. The molecule has 0 radical (unpaired) electrons. The maximum absolute atomic E-state index is 12.8. The van der Waals surface area contributed by atoms with Gasteiger partial charge in [-0.05, 0) is 25.0 Å². The van der Waals surface area contributed by atoms with Gasteiger partial charge in [0.05, 0.1) is 12.9 Å². The highest BCUT2D eigenvalue weighted by Crippen LogP contribution is 2.46. The monoisotopic (exact) mass is 311 g/mol. The largest absolute Gasteiger partial charge is 0.501 e. The van der Waals surface area contributed by atoms with Crippen LogP contribution in [0.2, 0.25) is 0 Å². The summed E-state index contributed by atoms with van der Waals surface area (Å²) < 4.78 is 5.50. The van der Waals surface area contributed by atoms with E-state index in [2.05, 4.69) is 43.0 Å². The van der Waals surface area contributed by atoms with Crippen LogP contribution in [0.5, 0.6) is 0 Å². The standard InChI is InChI=1S/C20H25NO2/c1-15-9-10-19(22)21(14-16-7-5-4-6-8-16)18-13-17(23-3)11-12-20(15,18)2/h4-9,11,18H,10,12-14H2,1-3H3. The number of ether oxygens (including phenoxy) is 1. The van der Waals surface area contributed by atoms with Crippen LogP contribution in [-0.2, 0) is 16.1 Å². The molecular weight excluding hydrogens is 286 g/mol. The average Bonchev–Trinajstić information content (AvgIpc) is 2.66. The predicted molar refractivity (Wildman–Crippen MR) is 91.6 cm³/mol. The predicted octanol–water partition coefficient (Wildman–Crippen LogP) is 4.06. The topological polar surface area (TPSA) is 29.5 Å². The molecule has 0 spiro atoms. The second kappa shape index (κ2) is 6.23. The molecule has 2 aliphatic rings. The summed E-state index contributed by atoms with van der Waals surface area (Å²) in [6.45, 7) is 5.11. The van der Waals surface area contributed by atoms with Crippen molar-refractivity contribution in [3.8, 4) is 0 Å². The van der Waals surface area contributed by atoms with E-state index in [0.29, 0.717) is 13.0 Å². The molecule has 1 heterocycles. The van der Waals surface area contributed by atoms with Crippen LogP contribution in [0.4, 0.5) is 0 Å². The fourth-order valence-electron chi connectivity index (χ4n) is 3.75. The maximum Gasteiger partial charge on any atom is 0.226 e. The number of nitrogens with zero attached hydrogens (tertiary/aromatic N) is 1. The number of hydrogen-bond donors (Lipinski definition) is 0. The molecule has 122 valence electrons. The second-order valence-electron chi connectivity index (χ2n) is 6.81. The minimum Gasteiger partial charge on any atom is -0.501 e. The number of methoxy groups -OCH3 is 1. The van der Waals surface area contributed by atoms with E-state index in [9.17, 15) is 4.79 Å². The Balaban J connectivity index is 1.97. The van der Waals surface area contributed by atoms with Gasteiger partial charge in [0.25, 0.3) is 0 Å². The van der Waals surface area contributed by atoms with E-state index < -0.39 is 0 Å². The number of allylic oxidation sites excluding steroid dienone is 1. The van der Waals surface area contributed by atoms with E-state index in [1.165, 1.54) is 11.1 Å². The van der Waals surface area contributed by atoms with Gasteiger partial charge < -0.3 is 9.64 Å². The summed E-state index contributed by atoms with van der Waals surface area (Å²) in [5.74, 6) is 1.20. The van der Waals surface area contributed by atoms with Crippen LogP contribution in [-0.4, -0.2) is 24.0 Å². The van der Waals surface area contributed by atoms with Gasteiger partial charge in [0.2, 0.25) is 5.91 Å². The molecule has 0 aromatic heterocycles. The molecule has 1 amide bonds. The van der Waals surface area contributed by atoms with Gasteiger partial charge in [0.15, 0.2) is 0 Å². The molecule has 0 N–H and O–H groups in total. The van der Waals surface area contributed by atoms with Gasteiger partial charge in [-0.2, -0.15) is 0 Å². The summed E-state index contributed by atoms with van der Waals surface area (Å²) in [5.41, 5.74) is 2.48. The third kappa shape index (κ3) is 2.92. The lowest BCUT2D eigenvalue weighted by atomic mass is 9.69. The van der Waals surface area contributed by atoms with Crippen molar-refractivity contribution in [1.82, 2.24) is 4.90 Å². The highest BCUT2D eigenvalue weighted by Gasteiger charge is 2.44. The third-order valence-electron chi connectivity index (χ3n) is 5.52. The summed E-state index contributed by atoms with van der Waals surface area (Å²) in [5, 5.41) is 0. The highest BCUT2D eigenvalue weighted by molar-refractivity contribution is 5.79. The lowest BCUT2D eigenvalue weighted by Crippen LogP contribution is -2.49. The highest BCUT2D eigenvalue weighted by atomic mass is 16.5. The zero-order valence-corrected chi connectivity index (χ0v) is 14.2. The van der Waals surface area contributed by atoms with Crippen LogP contribution in [0.3, 0.4) is 0 Å². The normalized spacial score (nSPS) is 27.7. The number of benzene rings is 1. The van der Waals surface area contributed by atoms with Gasteiger partial charge in [-0.15, -0.1) is 0 Å². The maximum atomic E-state index is 12.8. The molecule has 1 aromatic rings. The first-order valence-electron chi connectivity index (χ1n) is 8.28. The third-order valence-corrected chi connectivity index (χ3v) is 5.52. The Morgan fingerprint density at radius 3 is 2.70 bits per heavy atom. The summed E-state index contributed by atoms with van der Waals surface area (Å²) >= 11 is 0. The van der Waals surface area contributed by atoms with Crippen LogP contribution >= 0.6 is 0 Å². The van der Waals surface area contributed by atoms with Gasteiger partial charge >= 0.3 is 0 Å². The first-order chi connectivity index (χ1) is 11.0. The molecule has 0 saturated heterocycles. The smallest absolute Gasteiger partial charge is 0.226 e. The molecule has 2 unspecified atom stereocenters. The van der Waals surface area contributed by atoms with Gasteiger partial charge in [-0.1, -0.05) is 48.9 Å². The van der Waals surface area contributed by atoms with Crippen LogP contribution in [0, 0.1) is 5.41 Å². The molecule has 3 nitrogen and oxygen atoms in total. The number of carbonyl (C=O) groups excluding carboxylic acids is 1. The molecule has 1 aliphatic heterocycles. The Hall–Kier alpha value is -2.03. The molecule has 1 aromatic carbocycles. The Labute approximate surface area is 138 Å². The van der Waals surface area contributed by atoms with Crippen LogP contribution in [0.15, 0.2) is 53.8 Å². The van der Waals surface area contributed by atoms with E-state index in [1.54, 1.807) is 7.11 Å². The van der Waals surface area contributed by atoms with E-state index in [4.69, 9.17) is 4.74 Å². The Morgan fingerprint density at radius 2 is 2.00 bits per heavy atom. The van der Waals surface area contributed by atoms with E-state index in [1.807, 2.05) is 18.2 Å². The minimum absolute atomic E-state index is 0.0109. The Kier molecular flexibility index (Phi) is 4.29. The van der Waals surface area contributed by atoms with Crippen molar-refractivity contribution in [1.29, 1.82) is 0 Å². The molecule has 1 aliphatic carbocycles. The van der Waals surface area contributed by atoms with Crippen molar-refractivity contribution in [3.05, 3.63) is 59.4 Å². The van der Waals surface area contributed by atoms with Crippen LogP contribution in [0.1, 0.15) is 38.7 Å². The van der Waals surface area contributed by atoms with E-state index >= 15 is 0 Å². The van der Waals surface area contributed by atoms with Crippen LogP contribution < -0.4 is 0 Å². The van der Waals surface area contributed by atoms with Crippen molar-refractivity contribution in [3.63, 3.8) is 0 Å². The quantitative estimate of drug-likeness (QED) is 0.788. The van der Waals surface area contributed by atoms with E-state index in [-0.39, 0.29) is 17.4 Å². The van der Waals surface area contributed by atoms with Gasteiger partial charge in [-0.3, -0.25) is 4.79 Å². The van der Waals surface area contributed by atoms with E-state index in [0.717, 1.165) is 18.6 Å². The van der Waals surface area contributed by atoms with Crippen molar-refractivity contribution in [2.24, 2.45) is 5.41 Å². The SMILES string of the molecule is COC1=CCC2(C)C(C)=CCC(=O)N(Cc3ccccc3)C2C1. The van der Waals surface area contributed by atoms with Gasteiger partial charge in [0.1, 0.15) is 0 Å². The van der Waals surface area contributed by atoms with Crippen molar-refractivity contribution in [2.45, 2.75) is 45.7 Å². The second-order valence-corrected chi connectivity index (χ2v) is 6.81. The number of amides is 1. The Bertz CT molecular complexity index is 647. The molecule has 3 heteroatoms. The van der Waals surface area contributed by atoms with Crippen molar-refractivity contribution >= 4 is 5.91 Å². The average molecular weight is 311 g/mol. The summed E-state index contributed by atoms with van der Waals surface area (Å²) in [6, 6.07) is 10.4. The number of hydrogen-bond acceptors (Lipinski definition) is 2. The molecule has 0 bridgehead atoms. The molecule has 3 rings (SSSR count). The first-order valence-corrected chi connectivity index (χ1v) is 8.28. The molecular formula is C20H25NO2. The lowest BCUT2D eigenvalue weighted by Gasteiger charge is -2.46. The summed E-state index contributed by atoms with van der Waals surface area (Å²) in [4.78, 5) is 14.8. The van der Waals surface area contributed by atoms with Crippen molar-refractivity contribution < 1.29 is 9.53 Å². The van der Waals surface area contributed by atoms with Gasteiger partial charge in [0, 0.05) is 30.8 Å². The summed E-state index contributed by atoms with van der Waals surface area (Å²) in [6.07, 6.45) is 6.50. The number of carbonyl (C=O) groups is 1. The van der Waals surface area contributed by atoms with Crippen molar-refractivity contribution in [2.75, 3.05) is 7.11 Å². The summed E-state index contributed by atoms with van der Waals surface area (Å²) in [7, 11) is 1.72. The molecule has 23 heavy (non-hydrogen) atoms. The molecule has 0 saturated carbocycles. The Morgan fingerprint density at radius 1 is 1.26 bits per heavy atom. The van der Waals surface area contributed by atoms with Gasteiger partial charge in [-0.25, -0.2) is 0 Å². The number of fused-ring (bicyclic) bond motifs is 1. The number of rotatable bonds is 3. The van der Waals surface area contributed by atoms with Crippen LogP contribution in [0.25, 0.3) is 0 Å².